The number of nitrogens with one attached hydrogen (secondary N) is 1. The molecule has 31 heavy (non-hydrogen) atoms. The highest BCUT2D eigenvalue weighted by Gasteiger charge is 2.39. The number of alkyl halides is 3. The van der Waals surface area contributed by atoms with E-state index in [1.54, 1.807) is 18.5 Å². The molecule has 0 radical (unpaired) electrons. The third kappa shape index (κ3) is 3.54. The molecule has 1 aliphatic rings. The van der Waals surface area contributed by atoms with Gasteiger partial charge in [-0.2, -0.15) is 19.0 Å². The number of rotatable bonds is 5. The molecule has 0 fully saturated rings. The molecule has 0 aromatic carbocycles. The van der Waals surface area contributed by atoms with E-state index in [0.29, 0.717) is 22.6 Å². The fourth-order valence-corrected chi connectivity index (χ4v) is 3.95. The minimum atomic E-state index is -3.05. The van der Waals surface area contributed by atoms with E-state index in [0.717, 1.165) is 22.8 Å². The van der Waals surface area contributed by atoms with Gasteiger partial charge in [-0.1, -0.05) is 0 Å². The zero-order chi connectivity index (χ0) is 21.6. The molecule has 0 bridgehead atoms. The Labute approximate surface area is 173 Å². The van der Waals surface area contributed by atoms with Gasteiger partial charge < -0.3 is 4.74 Å². The molecule has 5 rings (SSSR count). The second-order valence-corrected chi connectivity index (χ2v) is 7.40. The maximum Gasteiger partial charge on any atom is 0.345 e. The number of nitrogens with zero attached hydrogens (tertiary/aromatic N) is 5. The monoisotopic (exact) mass is 432 g/mol. The second kappa shape index (κ2) is 7.41. The summed E-state index contributed by atoms with van der Waals surface area (Å²) in [4.78, 5) is 8.38. The number of H-pyrrole nitrogens is 1. The highest BCUT2D eigenvalue weighted by Crippen LogP contribution is 2.41. The smallest absolute Gasteiger partial charge is 0.320 e. The van der Waals surface area contributed by atoms with Crippen molar-refractivity contribution < 1.29 is 22.3 Å². The minimum absolute atomic E-state index is 0.00564. The van der Waals surface area contributed by atoms with Gasteiger partial charge in [-0.15, -0.1) is 0 Å². The highest BCUT2D eigenvalue weighted by molar-refractivity contribution is 5.97. The van der Waals surface area contributed by atoms with E-state index in [9.17, 15) is 13.2 Å². The number of fused-ring (bicyclic) bond motifs is 2. The Morgan fingerprint density at radius 2 is 2.06 bits per heavy atom. The van der Waals surface area contributed by atoms with Crippen LogP contribution in [0, 0.1) is 5.82 Å². The maximum atomic E-state index is 15.2. The molecule has 0 saturated heterocycles. The van der Waals surface area contributed by atoms with Gasteiger partial charge in [0.1, 0.15) is 11.5 Å². The summed E-state index contributed by atoms with van der Waals surface area (Å²) in [7, 11) is 0. The fraction of sp³-hybridized carbons (Fsp3) is 0.300. The standard InChI is InChI=1S/C20H16F4N6O/c21-11-1-2-14(26-7-11)17-16(12-4-6-25-18-13(12)8-27-28-18)15-3-5-20(24,9-30(15)29-17)10-31-19(22)23/h1-2,4,6-8,19H,3,5,9-10H2,(H,25,27,28)/t20-/m1/s1. The largest absolute Gasteiger partial charge is 0.345 e. The van der Waals surface area contributed by atoms with Crippen LogP contribution in [0.5, 0.6) is 0 Å². The number of aromatic nitrogens is 6. The molecule has 0 saturated carbocycles. The number of ether oxygens (including phenoxy) is 1. The van der Waals surface area contributed by atoms with Gasteiger partial charge in [0.25, 0.3) is 0 Å². The molecule has 0 spiro atoms. The summed E-state index contributed by atoms with van der Waals surface area (Å²) in [6.07, 6.45) is 4.55. The average Bonchev–Trinajstić information content (AvgIpc) is 3.37. The van der Waals surface area contributed by atoms with Crippen molar-refractivity contribution in [2.45, 2.75) is 31.7 Å². The number of hydrogen-bond acceptors (Lipinski definition) is 5. The van der Waals surface area contributed by atoms with Gasteiger partial charge in [-0.3, -0.25) is 14.8 Å². The molecule has 1 N–H and O–H groups in total. The molecule has 0 amide bonds. The summed E-state index contributed by atoms with van der Waals surface area (Å²) in [5, 5.41) is 12.1. The summed E-state index contributed by atoms with van der Waals surface area (Å²) < 4.78 is 59.2. The van der Waals surface area contributed by atoms with Crippen LogP contribution in [-0.2, 0) is 17.7 Å². The van der Waals surface area contributed by atoms with E-state index in [1.807, 2.05) is 0 Å². The van der Waals surface area contributed by atoms with Gasteiger partial charge in [-0.05, 0) is 36.6 Å². The van der Waals surface area contributed by atoms with Crippen LogP contribution in [0.1, 0.15) is 12.1 Å². The molecular formula is C20H16F4N6O. The predicted molar refractivity (Wildman–Crippen MR) is 102 cm³/mol. The topological polar surface area (TPSA) is 81.5 Å². The number of pyridine rings is 2. The van der Waals surface area contributed by atoms with E-state index in [-0.39, 0.29) is 19.4 Å². The molecule has 7 nitrogen and oxygen atoms in total. The Bertz CT molecular complexity index is 1240. The van der Waals surface area contributed by atoms with Crippen LogP contribution >= 0.6 is 0 Å². The van der Waals surface area contributed by atoms with Crippen LogP contribution in [0.4, 0.5) is 17.6 Å². The number of aromatic amines is 1. The van der Waals surface area contributed by atoms with Crippen LogP contribution < -0.4 is 0 Å². The summed E-state index contributed by atoms with van der Waals surface area (Å²) in [6.45, 7) is -4.03. The van der Waals surface area contributed by atoms with Crippen molar-refractivity contribution in [2.24, 2.45) is 0 Å². The highest BCUT2D eigenvalue weighted by atomic mass is 19.3. The Kier molecular flexibility index (Phi) is 4.69. The van der Waals surface area contributed by atoms with Crippen LogP contribution in [0.3, 0.4) is 0 Å². The van der Waals surface area contributed by atoms with Gasteiger partial charge in [-0.25, -0.2) is 13.8 Å². The third-order valence-corrected chi connectivity index (χ3v) is 5.36. The molecule has 11 heteroatoms. The number of halogens is 4. The third-order valence-electron chi connectivity index (χ3n) is 5.36. The predicted octanol–water partition coefficient (Wildman–Crippen LogP) is 3.92. The summed E-state index contributed by atoms with van der Waals surface area (Å²) in [5.41, 5.74) is 1.60. The van der Waals surface area contributed by atoms with Crippen molar-refractivity contribution in [3.63, 3.8) is 0 Å². The van der Waals surface area contributed by atoms with Crippen molar-refractivity contribution in [2.75, 3.05) is 6.61 Å². The lowest BCUT2D eigenvalue weighted by Gasteiger charge is -2.30. The van der Waals surface area contributed by atoms with Crippen LogP contribution in [0.2, 0.25) is 0 Å². The molecule has 1 atom stereocenters. The SMILES string of the molecule is Fc1ccc(-c2nn3c(c2-c2ccnc4[nH]ncc24)CC[C@](F)(COC(F)F)C3)nc1. The summed E-state index contributed by atoms with van der Waals surface area (Å²) >= 11 is 0. The minimum Gasteiger partial charge on any atom is -0.320 e. The zero-order valence-electron chi connectivity index (χ0n) is 16.0. The lowest BCUT2D eigenvalue weighted by molar-refractivity contribution is -0.160. The molecule has 0 aliphatic carbocycles. The molecule has 0 unspecified atom stereocenters. The number of hydrogen-bond donors (Lipinski definition) is 1. The van der Waals surface area contributed by atoms with Crippen molar-refractivity contribution in [1.82, 2.24) is 29.9 Å². The van der Waals surface area contributed by atoms with E-state index >= 15 is 4.39 Å². The van der Waals surface area contributed by atoms with Crippen LogP contribution in [0.15, 0.2) is 36.8 Å². The summed E-state index contributed by atoms with van der Waals surface area (Å²) in [6, 6.07) is 4.55. The Hall–Kier alpha value is -3.34. The quantitative estimate of drug-likeness (QED) is 0.484. The van der Waals surface area contributed by atoms with E-state index < -0.39 is 24.7 Å². The van der Waals surface area contributed by atoms with Gasteiger partial charge in [0, 0.05) is 22.8 Å². The van der Waals surface area contributed by atoms with Gasteiger partial charge in [0.05, 0.1) is 31.2 Å². The van der Waals surface area contributed by atoms with E-state index in [4.69, 9.17) is 0 Å². The first-order chi connectivity index (χ1) is 14.9. The van der Waals surface area contributed by atoms with Gasteiger partial charge >= 0.3 is 6.61 Å². The zero-order valence-corrected chi connectivity index (χ0v) is 16.0. The molecular weight excluding hydrogens is 416 g/mol. The van der Waals surface area contributed by atoms with Crippen molar-refractivity contribution in [3.05, 3.63) is 48.3 Å². The van der Waals surface area contributed by atoms with Gasteiger partial charge in [0.2, 0.25) is 0 Å². The van der Waals surface area contributed by atoms with E-state index in [2.05, 4.69) is 30.0 Å². The maximum absolute atomic E-state index is 15.2. The van der Waals surface area contributed by atoms with E-state index in [1.165, 1.54) is 16.8 Å². The first-order valence-corrected chi connectivity index (χ1v) is 9.52. The summed E-state index contributed by atoms with van der Waals surface area (Å²) in [5.74, 6) is -0.498. The lowest BCUT2D eigenvalue weighted by Crippen LogP contribution is -2.40. The van der Waals surface area contributed by atoms with Crippen LogP contribution in [0.25, 0.3) is 33.5 Å². The van der Waals surface area contributed by atoms with Crippen molar-refractivity contribution in [3.8, 4) is 22.5 Å². The van der Waals surface area contributed by atoms with Crippen molar-refractivity contribution >= 4 is 11.0 Å². The first-order valence-electron chi connectivity index (χ1n) is 9.52. The molecule has 4 aromatic rings. The molecule has 1 aliphatic heterocycles. The Balaban J connectivity index is 1.66. The fourth-order valence-electron chi connectivity index (χ4n) is 3.95. The van der Waals surface area contributed by atoms with Crippen molar-refractivity contribution in [1.29, 1.82) is 0 Å². The lowest BCUT2D eigenvalue weighted by atomic mass is 9.91. The normalized spacial score (nSPS) is 18.6. The molecule has 160 valence electrons. The Morgan fingerprint density at radius 1 is 1.19 bits per heavy atom. The first kappa shape index (κ1) is 19.6. The average molecular weight is 432 g/mol. The molecule has 5 heterocycles. The Morgan fingerprint density at radius 3 is 2.84 bits per heavy atom. The second-order valence-electron chi connectivity index (χ2n) is 7.40. The molecule has 4 aromatic heterocycles. The van der Waals surface area contributed by atoms with Crippen LogP contribution in [-0.4, -0.2) is 48.8 Å². The van der Waals surface area contributed by atoms with Gasteiger partial charge in [0.15, 0.2) is 11.3 Å².